The minimum atomic E-state index is -1.23. The van der Waals surface area contributed by atoms with Crippen LogP contribution in [-0.4, -0.2) is 113 Å². The van der Waals surface area contributed by atoms with Gasteiger partial charge in [0, 0.05) is 60.2 Å². The number of hydrogen-bond donors (Lipinski definition) is 2. The molecule has 0 atom stereocenters. The van der Waals surface area contributed by atoms with Gasteiger partial charge in [-0.05, 0) is 12.1 Å². The van der Waals surface area contributed by atoms with Crippen LogP contribution in [0.4, 0.5) is 11.6 Å². The highest BCUT2D eigenvalue weighted by atomic mass is 16.5. The Morgan fingerprint density at radius 3 is 1.53 bits per heavy atom. The molecule has 198 valence electrons. The standard InChI is InChI=1S/C24H34N4O8/c1-33-13-9-27(10-14-34-2)21-19(17-5-7-18(8-6-17)23(29)30)25-22(20(26-21)24(31)32)28(11-15-35-3)12-16-36-4/h5-8H,9-16H2,1-4H3,(H,29,30)(H,31,32). The van der Waals surface area contributed by atoms with Gasteiger partial charge in [-0.1, -0.05) is 12.1 Å². The van der Waals surface area contributed by atoms with Gasteiger partial charge < -0.3 is 39.0 Å². The summed E-state index contributed by atoms with van der Waals surface area (Å²) < 4.78 is 20.9. The van der Waals surface area contributed by atoms with Crippen LogP contribution >= 0.6 is 0 Å². The van der Waals surface area contributed by atoms with E-state index in [1.165, 1.54) is 12.1 Å². The molecule has 2 N–H and O–H groups in total. The smallest absolute Gasteiger partial charge is 0.358 e. The average Bonchev–Trinajstić information content (AvgIpc) is 2.88. The molecule has 0 spiro atoms. The molecule has 0 fully saturated rings. The molecule has 0 aliphatic heterocycles. The lowest BCUT2D eigenvalue weighted by atomic mass is 10.1. The Hall–Kier alpha value is -3.32. The average molecular weight is 507 g/mol. The van der Waals surface area contributed by atoms with Gasteiger partial charge in [0.1, 0.15) is 5.69 Å². The van der Waals surface area contributed by atoms with Crippen molar-refractivity contribution in [2.75, 3.05) is 90.8 Å². The predicted octanol–water partition coefficient (Wildman–Crippen LogP) is 1.74. The van der Waals surface area contributed by atoms with Crippen LogP contribution in [-0.2, 0) is 18.9 Å². The Morgan fingerprint density at radius 2 is 1.14 bits per heavy atom. The maximum absolute atomic E-state index is 12.3. The summed E-state index contributed by atoms with van der Waals surface area (Å²) in [4.78, 5) is 36.6. The zero-order chi connectivity index (χ0) is 26.5. The first kappa shape index (κ1) is 28.9. The summed E-state index contributed by atoms with van der Waals surface area (Å²) in [6.07, 6.45) is 0. The van der Waals surface area contributed by atoms with E-state index in [-0.39, 0.29) is 17.1 Å². The van der Waals surface area contributed by atoms with E-state index in [0.29, 0.717) is 69.7 Å². The monoisotopic (exact) mass is 506 g/mol. The molecule has 0 bridgehead atoms. The lowest BCUT2D eigenvalue weighted by molar-refractivity contribution is 0.0682. The summed E-state index contributed by atoms with van der Waals surface area (Å²) in [5.74, 6) is -1.80. The fourth-order valence-electron chi connectivity index (χ4n) is 3.42. The van der Waals surface area contributed by atoms with Crippen LogP contribution in [0.3, 0.4) is 0 Å². The summed E-state index contributed by atoms with van der Waals surface area (Å²) in [7, 11) is 6.25. The Balaban J connectivity index is 2.76. The Labute approximate surface area is 210 Å². The number of benzene rings is 1. The Morgan fingerprint density at radius 1 is 0.694 bits per heavy atom. The number of rotatable bonds is 17. The number of anilines is 2. The van der Waals surface area contributed by atoms with Gasteiger partial charge >= 0.3 is 11.9 Å². The van der Waals surface area contributed by atoms with Gasteiger partial charge in [-0.25, -0.2) is 19.6 Å². The van der Waals surface area contributed by atoms with E-state index in [0.717, 1.165) is 0 Å². The fourth-order valence-corrected chi connectivity index (χ4v) is 3.42. The lowest BCUT2D eigenvalue weighted by Gasteiger charge is -2.29. The SMILES string of the molecule is COCCN(CCOC)c1nc(-c2ccc(C(=O)O)cc2)c(N(CCOC)CCOC)nc1C(=O)O. The van der Waals surface area contributed by atoms with Gasteiger partial charge in [0.05, 0.1) is 32.0 Å². The Kier molecular flexibility index (Phi) is 12.0. The molecule has 0 radical (unpaired) electrons. The van der Waals surface area contributed by atoms with Gasteiger partial charge in [0.2, 0.25) is 0 Å². The molecule has 12 heteroatoms. The second-order valence-electron chi connectivity index (χ2n) is 7.70. The van der Waals surface area contributed by atoms with Crippen molar-refractivity contribution in [3.8, 4) is 11.3 Å². The number of carbonyl (C=O) groups is 2. The van der Waals surface area contributed by atoms with Crippen molar-refractivity contribution in [2.45, 2.75) is 0 Å². The van der Waals surface area contributed by atoms with E-state index in [2.05, 4.69) is 4.98 Å². The molecular formula is C24H34N4O8. The number of carboxylic acids is 2. The van der Waals surface area contributed by atoms with Gasteiger partial charge in [-0.15, -0.1) is 0 Å². The largest absolute Gasteiger partial charge is 0.478 e. The second-order valence-corrected chi connectivity index (χ2v) is 7.70. The first-order chi connectivity index (χ1) is 17.4. The summed E-state index contributed by atoms with van der Waals surface area (Å²) >= 11 is 0. The highest BCUT2D eigenvalue weighted by Gasteiger charge is 2.26. The molecule has 2 aromatic rings. The molecule has 0 unspecified atom stereocenters. The molecule has 2 rings (SSSR count). The van der Waals surface area contributed by atoms with Gasteiger partial charge in [0.15, 0.2) is 17.3 Å². The zero-order valence-electron chi connectivity index (χ0n) is 21.1. The number of aromatic nitrogens is 2. The lowest BCUT2D eigenvalue weighted by Crippen LogP contribution is -2.35. The summed E-state index contributed by atoms with van der Waals surface area (Å²) in [6.45, 7) is 2.94. The van der Waals surface area contributed by atoms with Crippen molar-refractivity contribution < 1.29 is 38.7 Å². The van der Waals surface area contributed by atoms with Gasteiger partial charge in [0.25, 0.3) is 0 Å². The van der Waals surface area contributed by atoms with Crippen LogP contribution < -0.4 is 9.80 Å². The molecule has 0 saturated heterocycles. The maximum atomic E-state index is 12.3. The van der Waals surface area contributed by atoms with E-state index in [9.17, 15) is 19.8 Å². The topological polar surface area (TPSA) is 144 Å². The van der Waals surface area contributed by atoms with Crippen LogP contribution in [0, 0.1) is 0 Å². The second kappa shape index (κ2) is 14.9. The molecule has 12 nitrogen and oxygen atoms in total. The van der Waals surface area contributed by atoms with Crippen LogP contribution in [0.5, 0.6) is 0 Å². The third kappa shape index (κ3) is 7.85. The summed E-state index contributed by atoms with van der Waals surface area (Å²) in [5, 5.41) is 19.4. The Bertz CT molecular complexity index is 971. The van der Waals surface area contributed by atoms with Crippen molar-refractivity contribution in [1.29, 1.82) is 0 Å². The molecule has 36 heavy (non-hydrogen) atoms. The molecule has 1 heterocycles. The van der Waals surface area contributed by atoms with Crippen molar-refractivity contribution in [2.24, 2.45) is 0 Å². The minimum Gasteiger partial charge on any atom is -0.478 e. The third-order valence-corrected chi connectivity index (χ3v) is 5.33. The highest BCUT2D eigenvalue weighted by Crippen LogP contribution is 2.32. The quantitative estimate of drug-likeness (QED) is 0.322. The van der Waals surface area contributed by atoms with Crippen LogP contribution in [0.1, 0.15) is 20.8 Å². The predicted molar refractivity (Wildman–Crippen MR) is 133 cm³/mol. The van der Waals surface area contributed by atoms with E-state index < -0.39 is 11.9 Å². The number of ether oxygens (including phenoxy) is 4. The van der Waals surface area contributed by atoms with E-state index in [4.69, 9.17) is 23.9 Å². The van der Waals surface area contributed by atoms with Crippen molar-refractivity contribution in [1.82, 2.24) is 9.97 Å². The molecule has 0 saturated carbocycles. The number of hydrogen-bond acceptors (Lipinski definition) is 10. The molecule has 0 amide bonds. The number of nitrogens with zero attached hydrogens (tertiary/aromatic N) is 4. The molecular weight excluding hydrogens is 472 g/mol. The van der Waals surface area contributed by atoms with Crippen LogP contribution in [0.25, 0.3) is 11.3 Å². The van der Waals surface area contributed by atoms with Crippen molar-refractivity contribution >= 4 is 23.6 Å². The zero-order valence-corrected chi connectivity index (χ0v) is 21.1. The van der Waals surface area contributed by atoms with E-state index >= 15 is 0 Å². The molecule has 1 aromatic heterocycles. The third-order valence-electron chi connectivity index (χ3n) is 5.33. The molecule has 0 aliphatic carbocycles. The van der Waals surface area contributed by atoms with Gasteiger partial charge in [-0.3, -0.25) is 0 Å². The molecule has 1 aromatic carbocycles. The van der Waals surface area contributed by atoms with Crippen molar-refractivity contribution in [3.63, 3.8) is 0 Å². The molecule has 0 aliphatic rings. The fraction of sp³-hybridized carbons (Fsp3) is 0.500. The number of methoxy groups -OCH3 is 4. The number of carboxylic acid groups (broad SMARTS) is 2. The normalized spacial score (nSPS) is 10.9. The highest BCUT2D eigenvalue weighted by molar-refractivity contribution is 5.93. The van der Waals surface area contributed by atoms with Crippen LogP contribution in [0.15, 0.2) is 24.3 Å². The minimum absolute atomic E-state index is 0.119. The van der Waals surface area contributed by atoms with E-state index in [1.54, 1.807) is 45.5 Å². The van der Waals surface area contributed by atoms with Gasteiger partial charge in [-0.2, -0.15) is 0 Å². The maximum Gasteiger partial charge on any atom is 0.358 e. The number of aromatic carboxylic acids is 2. The summed E-state index contributed by atoms with van der Waals surface area (Å²) in [5.41, 5.74) is 0.883. The first-order valence-corrected chi connectivity index (χ1v) is 11.3. The first-order valence-electron chi connectivity index (χ1n) is 11.3. The van der Waals surface area contributed by atoms with E-state index in [1.807, 2.05) is 4.90 Å². The van der Waals surface area contributed by atoms with Crippen molar-refractivity contribution in [3.05, 3.63) is 35.5 Å². The van der Waals surface area contributed by atoms with Crippen LogP contribution in [0.2, 0.25) is 0 Å². The summed E-state index contributed by atoms with van der Waals surface area (Å²) in [6, 6.07) is 6.19.